The lowest BCUT2D eigenvalue weighted by Crippen LogP contribution is -2.42. The number of amides is 1. The summed E-state index contributed by atoms with van der Waals surface area (Å²) in [5.74, 6) is 0.299. The second-order valence-electron chi connectivity index (χ2n) is 7.09. The van der Waals surface area contributed by atoms with Crippen molar-refractivity contribution in [3.8, 4) is 11.8 Å². The number of carbonyl (C=O) groups excluding carboxylic acids is 1. The van der Waals surface area contributed by atoms with Crippen LogP contribution < -0.4 is 10.5 Å². The van der Waals surface area contributed by atoms with Crippen molar-refractivity contribution in [1.29, 1.82) is 5.26 Å². The molecule has 1 saturated heterocycles. The molecule has 28 heavy (non-hydrogen) atoms. The number of rotatable bonds is 7. The van der Waals surface area contributed by atoms with Crippen LogP contribution in [0.5, 0.6) is 5.75 Å². The van der Waals surface area contributed by atoms with E-state index in [2.05, 4.69) is 6.07 Å². The van der Waals surface area contributed by atoms with Gasteiger partial charge in [0.15, 0.2) is 0 Å². The summed E-state index contributed by atoms with van der Waals surface area (Å²) in [5.41, 5.74) is 7.18. The SMILES string of the molecule is N#Cc1cccc(OC[C@@H]2CCCN2C(=O)C[C@H](N)Cc2ccccc2F)c1. The number of hydrogen-bond donors (Lipinski definition) is 1. The van der Waals surface area contributed by atoms with Crippen LogP contribution in [0.4, 0.5) is 4.39 Å². The molecule has 1 aliphatic heterocycles. The molecule has 1 aliphatic rings. The van der Waals surface area contributed by atoms with Crippen LogP contribution in [0.2, 0.25) is 0 Å². The lowest BCUT2D eigenvalue weighted by molar-refractivity contribution is -0.132. The van der Waals surface area contributed by atoms with Gasteiger partial charge in [-0.05, 0) is 49.1 Å². The van der Waals surface area contributed by atoms with Crippen LogP contribution in [-0.2, 0) is 11.2 Å². The minimum absolute atomic E-state index is 0.0149. The smallest absolute Gasteiger partial charge is 0.224 e. The average Bonchev–Trinajstić information content (AvgIpc) is 3.17. The molecule has 6 heteroatoms. The molecular weight excluding hydrogens is 357 g/mol. The monoisotopic (exact) mass is 381 g/mol. The van der Waals surface area contributed by atoms with Crippen molar-refractivity contribution in [3.05, 3.63) is 65.5 Å². The molecular formula is C22H24FN3O2. The zero-order valence-electron chi connectivity index (χ0n) is 15.7. The molecule has 0 saturated carbocycles. The topological polar surface area (TPSA) is 79.3 Å². The highest BCUT2D eigenvalue weighted by Gasteiger charge is 2.30. The fourth-order valence-electron chi connectivity index (χ4n) is 3.55. The van der Waals surface area contributed by atoms with E-state index in [1.54, 1.807) is 42.5 Å². The quantitative estimate of drug-likeness (QED) is 0.800. The number of halogens is 1. The van der Waals surface area contributed by atoms with E-state index >= 15 is 0 Å². The summed E-state index contributed by atoms with van der Waals surface area (Å²) in [7, 11) is 0. The highest BCUT2D eigenvalue weighted by atomic mass is 19.1. The number of benzene rings is 2. The van der Waals surface area contributed by atoms with Crippen molar-refractivity contribution in [2.24, 2.45) is 5.73 Å². The average molecular weight is 381 g/mol. The summed E-state index contributed by atoms with van der Waals surface area (Å²) in [6.07, 6.45) is 2.29. The van der Waals surface area contributed by atoms with E-state index in [-0.39, 0.29) is 24.2 Å². The number of nitriles is 1. The number of nitrogens with two attached hydrogens (primary N) is 1. The standard InChI is InChI=1S/C22H24FN3O2/c23-21-9-2-1-6-17(21)12-18(25)13-22(27)26-10-4-7-19(26)15-28-20-8-3-5-16(11-20)14-24/h1-3,5-6,8-9,11,18-19H,4,7,10,12-13,15,25H2/t18-,19+/m1/s1. The molecule has 1 amide bonds. The van der Waals surface area contributed by atoms with Gasteiger partial charge in [-0.2, -0.15) is 5.26 Å². The Morgan fingerprint density at radius 1 is 1.32 bits per heavy atom. The second-order valence-corrected chi connectivity index (χ2v) is 7.09. The van der Waals surface area contributed by atoms with Crippen molar-refractivity contribution in [3.63, 3.8) is 0 Å². The first kappa shape index (κ1) is 19.8. The van der Waals surface area contributed by atoms with Gasteiger partial charge >= 0.3 is 0 Å². The molecule has 2 aromatic rings. The van der Waals surface area contributed by atoms with E-state index in [4.69, 9.17) is 15.7 Å². The molecule has 0 aliphatic carbocycles. The number of likely N-dealkylation sites (tertiary alicyclic amines) is 1. The third-order valence-electron chi connectivity index (χ3n) is 4.98. The van der Waals surface area contributed by atoms with Crippen LogP contribution in [0, 0.1) is 17.1 Å². The van der Waals surface area contributed by atoms with Gasteiger partial charge in [0.1, 0.15) is 18.2 Å². The molecule has 3 rings (SSSR count). The van der Waals surface area contributed by atoms with Gasteiger partial charge in [-0.3, -0.25) is 4.79 Å². The Hall–Kier alpha value is -2.91. The van der Waals surface area contributed by atoms with Gasteiger partial charge < -0.3 is 15.4 Å². The maximum atomic E-state index is 13.8. The van der Waals surface area contributed by atoms with Gasteiger partial charge in [0.2, 0.25) is 5.91 Å². The van der Waals surface area contributed by atoms with Gasteiger partial charge in [0.25, 0.3) is 0 Å². The second kappa shape index (κ2) is 9.34. The molecule has 0 aromatic heterocycles. The number of nitrogens with zero attached hydrogens (tertiary/aromatic N) is 2. The molecule has 0 bridgehead atoms. The Labute approximate surface area is 164 Å². The van der Waals surface area contributed by atoms with Crippen molar-refractivity contribution >= 4 is 5.91 Å². The molecule has 2 atom stereocenters. The molecule has 0 radical (unpaired) electrons. The molecule has 0 unspecified atom stereocenters. The summed E-state index contributed by atoms with van der Waals surface area (Å²) >= 11 is 0. The molecule has 146 valence electrons. The molecule has 1 heterocycles. The molecule has 0 spiro atoms. The predicted octanol–water partition coefficient (Wildman–Crippen LogP) is 3.03. The highest BCUT2D eigenvalue weighted by Crippen LogP contribution is 2.21. The number of ether oxygens (including phenoxy) is 1. The number of hydrogen-bond acceptors (Lipinski definition) is 4. The fraction of sp³-hybridized carbons (Fsp3) is 0.364. The van der Waals surface area contributed by atoms with E-state index in [0.29, 0.717) is 36.4 Å². The van der Waals surface area contributed by atoms with Gasteiger partial charge in [0.05, 0.1) is 17.7 Å². The Morgan fingerprint density at radius 2 is 2.14 bits per heavy atom. The van der Waals surface area contributed by atoms with Crippen molar-refractivity contribution in [1.82, 2.24) is 4.90 Å². The predicted molar refractivity (Wildman–Crippen MR) is 104 cm³/mol. The third-order valence-corrected chi connectivity index (χ3v) is 4.98. The first-order valence-electron chi connectivity index (χ1n) is 9.48. The van der Waals surface area contributed by atoms with Crippen LogP contribution in [0.1, 0.15) is 30.4 Å². The Bertz CT molecular complexity index is 865. The summed E-state index contributed by atoms with van der Waals surface area (Å²) in [6, 6.07) is 15.1. The van der Waals surface area contributed by atoms with E-state index < -0.39 is 6.04 Å². The van der Waals surface area contributed by atoms with Gasteiger partial charge in [-0.25, -0.2) is 4.39 Å². The first-order chi connectivity index (χ1) is 13.6. The summed E-state index contributed by atoms with van der Waals surface area (Å²) in [4.78, 5) is 14.5. The van der Waals surface area contributed by atoms with Crippen molar-refractivity contribution in [2.45, 2.75) is 37.8 Å². The third kappa shape index (κ3) is 5.08. The maximum absolute atomic E-state index is 13.8. The van der Waals surface area contributed by atoms with E-state index in [0.717, 1.165) is 12.8 Å². The minimum atomic E-state index is -0.432. The zero-order valence-corrected chi connectivity index (χ0v) is 15.7. The number of carbonyl (C=O) groups is 1. The first-order valence-corrected chi connectivity index (χ1v) is 9.48. The fourth-order valence-corrected chi connectivity index (χ4v) is 3.55. The van der Waals surface area contributed by atoms with Gasteiger partial charge in [-0.1, -0.05) is 24.3 Å². The zero-order chi connectivity index (χ0) is 19.9. The lowest BCUT2D eigenvalue weighted by atomic mass is 10.0. The van der Waals surface area contributed by atoms with Gasteiger partial charge in [-0.15, -0.1) is 0 Å². The Kier molecular flexibility index (Phi) is 6.62. The molecule has 1 fully saturated rings. The largest absolute Gasteiger partial charge is 0.491 e. The normalized spacial score (nSPS) is 17.2. The minimum Gasteiger partial charge on any atom is -0.491 e. The highest BCUT2D eigenvalue weighted by molar-refractivity contribution is 5.77. The summed E-state index contributed by atoms with van der Waals surface area (Å²) < 4.78 is 19.6. The van der Waals surface area contributed by atoms with E-state index in [1.807, 2.05) is 4.90 Å². The molecule has 5 nitrogen and oxygen atoms in total. The van der Waals surface area contributed by atoms with Crippen molar-refractivity contribution in [2.75, 3.05) is 13.2 Å². The van der Waals surface area contributed by atoms with Crippen LogP contribution in [-0.4, -0.2) is 36.0 Å². The molecule has 2 aromatic carbocycles. The molecule has 2 N–H and O–H groups in total. The van der Waals surface area contributed by atoms with Crippen LogP contribution >= 0.6 is 0 Å². The van der Waals surface area contributed by atoms with Crippen LogP contribution in [0.25, 0.3) is 0 Å². The maximum Gasteiger partial charge on any atom is 0.224 e. The summed E-state index contributed by atoms with van der Waals surface area (Å²) in [5, 5.41) is 8.97. The van der Waals surface area contributed by atoms with E-state index in [1.165, 1.54) is 6.07 Å². The Balaban J connectivity index is 1.53. The van der Waals surface area contributed by atoms with Gasteiger partial charge in [0, 0.05) is 19.0 Å². The van der Waals surface area contributed by atoms with Crippen LogP contribution in [0.3, 0.4) is 0 Å². The lowest BCUT2D eigenvalue weighted by Gasteiger charge is -2.26. The summed E-state index contributed by atoms with van der Waals surface area (Å²) in [6.45, 7) is 1.06. The Morgan fingerprint density at radius 3 is 2.93 bits per heavy atom. The van der Waals surface area contributed by atoms with Crippen molar-refractivity contribution < 1.29 is 13.9 Å². The van der Waals surface area contributed by atoms with Crippen LogP contribution in [0.15, 0.2) is 48.5 Å². The van der Waals surface area contributed by atoms with E-state index in [9.17, 15) is 9.18 Å².